The number of nitrogens with two attached hydrogens (primary N) is 1. The molecule has 1 fully saturated rings. The Labute approximate surface area is 274 Å². The van der Waals surface area contributed by atoms with Crippen LogP contribution in [0.25, 0.3) is 5.76 Å². The van der Waals surface area contributed by atoms with E-state index in [0.717, 1.165) is 4.88 Å². The molecule has 0 radical (unpaired) electrons. The molecule has 2 amide bonds. The van der Waals surface area contributed by atoms with Gasteiger partial charge in [-0.15, -0.1) is 36.2 Å². The molecule has 13 nitrogen and oxygen atoms in total. The number of nitrogens with one attached hydrogen (secondary N) is 2. The Balaban J connectivity index is 0.00000276. The van der Waals surface area contributed by atoms with Crippen molar-refractivity contribution in [2.24, 2.45) is 17.6 Å². The summed E-state index contributed by atoms with van der Waals surface area (Å²) in [6, 6.07) is 5.31. The molecule has 45 heavy (non-hydrogen) atoms. The van der Waals surface area contributed by atoms with Gasteiger partial charge in [-0.25, -0.2) is 0 Å². The fourth-order valence-corrected chi connectivity index (χ4v) is 7.30. The van der Waals surface area contributed by atoms with Gasteiger partial charge in [-0.2, -0.15) is 0 Å². The number of carbonyl (C=O) groups excluding carboxylic acids is 4. The van der Waals surface area contributed by atoms with E-state index in [4.69, 9.17) is 5.73 Å². The van der Waals surface area contributed by atoms with Crippen molar-refractivity contribution in [1.29, 1.82) is 0 Å². The number of primary amides is 1. The molecule has 1 aromatic heterocycles. The summed E-state index contributed by atoms with van der Waals surface area (Å²) < 4.78 is 0. The van der Waals surface area contributed by atoms with Crippen LogP contribution < -0.4 is 16.4 Å². The summed E-state index contributed by atoms with van der Waals surface area (Å²) in [5.74, 6) is -10.3. The topological polar surface area (TPSA) is 223 Å². The number of halogens is 2. The summed E-state index contributed by atoms with van der Waals surface area (Å²) in [5, 5.41) is 64.4. The number of likely N-dealkylation sites (N-methyl/N-ethyl adjacent to an activating group) is 1. The summed E-state index contributed by atoms with van der Waals surface area (Å²) in [7, 11) is 2.88. The molecule has 6 atom stereocenters. The van der Waals surface area contributed by atoms with Crippen LogP contribution in [0.1, 0.15) is 28.8 Å². The number of benzene rings is 1. The minimum atomic E-state index is -3.00. The Morgan fingerprint density at radius 3 is 2.36 bits per heavy atom. The van der Waals surface area contributed by atoms with Crippen molar-refractivity contribution in [3.8, 4) is 5.75 Å². The summed E-state index contributed by atoms with van der Waals surface area (Å²) in [4.78, 5) is 54.4. The molecule has 0 aliphatic heterocycles. The Kier molecular flexibility index (Phi) is 10.5. The van der Waals surface area contributed by atoms with Gasteiger partial charge in [0.25, 0.3) is 5.91 Å². The van der Waals surface area contributed by atoms with Gasteiger partial charge in [0.1, 0.15) is 22.8 Å². The smallest absolute Gasteiger partial charge is 0.255 e. The van der Waals surface area contributed by atoms with Crippen molar-refractivity contribution < 1.29 is 44.7 Å². The van der Waals surface area contributed by atoms with Crippen molar-refractivity contribution >= 4 is 71.0 Å². The molecule has 244 valence electrons. The maximum atomic E-state index is 14.1. The molecular formula is C29H34Cl2N4O9S. The maximum absolute atomic E-state index is 14.1. The van der Waals surface area contributed by atoms with Gasteiger partial charge in [-0.3, -0.25) is 24.1 Å². The Morgan fingerprint density at radius 1 is 1.11 bits per heavy atom. The van der Waals surface area contributed by atoms with Crippen molar-refractivity contribution in [1.82, 2.24) is 10.2 Å². The van der Waals surface area contributed by atoms with Crippen LogP contribution in [0.2, 0.25) is 0 Å². The van der Waals surface area contributed by atoms with Gasteiger partial charge in [0.2, 0.25) is 11.7 Å². The highest BCUT2D eigenvalue weighted by Crippen LogP contribution is 2.56. The molecule has 1 aromatic carbocycles. The number of amides is 2. The third kappa shape index (κ3) is 5.50. The standard InChI is InChI=1S/C29H32N4O9S.2ClH/c1-11-13-6-7-14(32-15(34)10-31-9-12-5-4-8-43-12)22(35)17(13)23(36)18-16(11)24(37)20-21(33(2)3)25(38)19(28(30)41)27(40)29(20,42)26(18)39;;/h4-8,11,16,20-21,24,31,35-37,40,42H,9-10H2,1-3H3,(H2,30,41)(H,32,34);2*1H/t11?,16?,20?,21-,24?,29-;;/m0../s1. The van der Waals surface area contributed by atoms with Crippen molar-refractivity contribution in [3.63, 3.8) is 0 Å². The summed E-state index contributed by atoms with van der Waals surface area (Å²) >= 11 is 1.53. The number of ketones is 2. The molecule has 2 aromatic rings. The molecule has 4 unspecified atom stereocenters. The fourth-order valence-electron chi connectivity index (χ4n) is 6.62. The predicted octanol–water partition coefficient (Wildman–Crippen LogP) is 1.13. The summed E-state index contributed by atoms with van der Waals surface area (Å²) in [5.41, 5.74) is 0.899. The van der Waals surface area contributed by atoms with Crippen LogP contribution >= 0.6 is 36.2 Å². The molecule has 16 heteroatoms. The first-order valence-corrected chi connectivity index (χ1v) is 14.3. The number of aliphatic hydroxyl groups excluding tert-OH is 3. The molecule has 3 aliphatic rings. The van der Waals surface area contributed by atoms with Crippen molar-refractivity contribution in [2.45, 2.75) is 37.1 Å². The number of aromatic hydroxyl groups is 1. The van der Waals surface area contributed by atoms with Gasteiger partial charge in [0.15, 0.2) is 11.4 Å². The number of phenols is 1. The highest BCUT2D eigenvalue weighted by molar-refractivity contribution is 7.09. The summed E-state index contributed by atoms with van der Waals surface area (Å²) in [6.45, 7) is 2.00. The zero-order chi connectivity index (χ0) is 31.5. The van der Waals surface area contributed by atoms with E-state index in [2.05, 4.69) is 10.6 Å². The first kappa shape index (κ1) is 36.0. The van der Waals surface area contributed by atoms with Crippen LogP contribution in [-0.2, 0) is 25.7 Å². The van der Waals surface area contributed by atoms with Crippen molar-refractivity contribution in [3.05, 3.63) is 62.6 Å². The first-order valence-electron chi connectivity index (χ1n) is 13.4. The quantitative estimate of drug-likeness (QED) is 0.152. The number of phenolic OH excluding ortho intramolecular Hbond substituents is 1. The van der Waals surface area contributed by atoms with Gasteiger partial charge >= 0.3 is 0 Å². The van der Waals surface area contributed by atoms with Crippen LogP contribution in [0.3, 0.4) is 0 Å². The van der Waals surface area contributed by atoms with Crippen LogP contribution in [0.15, 0.2) is 46.6 Å². The second-order valence-corrected chi connectivity index (χ2v) is 12.2. The average Bonchev–Trinajstić information content (AvgIpc) is 3.45. The van der Waals surface area contributed by atoms with E-state index in [1.165, 1.54) is 42.5 Å². The first-order chi connectivity index (χ1) is 20.2. The lowest BCUT2D eigenvalue weighted by Gasteiger charge is -2.53. The number of thiophene rings is 1. The lowest BCUT2D eigenvalue weighted by Crippen LogP contribution is -2.70. The fraction of sp³-hybridized carbons (Fsp3) is 0.379. The number of Topliss-reactive ketones (excluding diaryl/α,β-unsaturated/α-hetero) is 2. The normalized spacial score (nSPS) is 27.2. The van der Waals surface area contributed by atoms with Crippen LogP contribution in [0, 0.1) is 11.8 Å². The number of rotatable bonds is 7. The van der Waals surface area contributed by atoms with E-state index in [-0.39, 0.29) is 42.6 Å². The molecule has 1 saturated carbocycles. The third-order valence-electron chi connectivity index (χ3n) is 8.57. The highest BCUT2D eigenvalue weighted by Gasteiger charge is 2.68. The average molecular weight is 686 g/mol. The largest absolute Gasteiger partial charge is 0.508 e. The number of aliphatic hydroxyl groups is 4. The van der Waals surface area contributed by atoms with E-state index < -0.39 is 87.3 Å². The Morgan fingerprint density at radius 2 is 1.78 bits per heavy atom. The predicted molar refractivity (Wildman–Crippen MR) is 169 cm³/mol. The van der Waals surface area contributed by atoms with Gasteiger partial charge in [-0.05, 0) is 43.1 Å². The lowest BCUT2D eigenvalue weighted by molar-refractivity contribution is -0.169. The van der Waals surface area contributed by atoms with Crippen LogP contribution in [0.5, 0.6) is 5.75 Å². The van der Waals surface area contributed by atoms with Crippen molar-refractivity contribution in [2.75, 3.05) is 26.0 Å². The number of carbonyl (C=O) groups is 4. The lowest BCUT2D eigenvalue weighted by atomic mass is 9.54. The molecule has 9 N–H and O–H groups in total. The number of nitrogens with zero attached hydrogens (tertiary/aromatic N) is 1. The maximum Gasteiger partial charge on any atom is 0.255 e. The third-order valence-corrected chi connectivity index (χ3v) is 9.44. The second-order valence-electron chi connectivity index (χ2n) is 11.2. The number of hydrogen-bond donors (Lipinski definition) is 8. The van der Waals surface area contributed by atoms with Gasteiger partial charge < -0.3 is 41.9 Å². The highest BCUT2D eigenvalue weighted by atomic mass is 35.5. The molecule has 0 spiro atoms. The van der Waals surface area contributed by atoms with E-state index >= 15 is 0 Å². The van der Waals surface area contributed by atoms with E-state index in [0.29, 0.717) is 12.1 Å². The van der Waals surface area contributed by atoms with Gasteiger partial charge in [-0.1, -0.05) is 19.1 Å². The second kappa shape index (κ2) is 13.1. The monoisotopic (exact) mass is 684 g/mol. The molecule has 0 bridgehead atoms. The summed E-state index contributed by atoms with van der Waals surface area (Å²) in [6.07, 6.45) is -1.69. The zero-order valence-electron chi connectivity index (χ0n) is 24.3. The molecule has 5 rings (SSSR count). The van der Waals surface area contributed by atoms with Gasteiger partial charge in [0, 0.05) is 22.9 Å². The molecule has 3 aliphatic carbocycles. The SMILES string of the molecule is CC1c2ccc(NC(=O)CNCc3cccs3)c(O)c2C(O)=C2C(=O)[C@]3(O)C(O)=C(C(N)=O)C(=O)[C@@H](N(C)C)C3C(O)C21.Cl.Cl. The number of fused-ring (bicyclic) bond motifs is 3. The van der Waals surface area contributed by atoms with E-state index in [1.54, 1.807) is 6.92 Å². The van der Waals surface area contributed by atoms with Crippen LogP contribution in [-0.4, -0.2) is 92.2 Å². The molecular weight excluding hydrogens is 651 g/mol. The van der Waals surface area contributed by atoms with Gasteiger partial charge in [0.05, 0.1) is 35.9 Å². The number of anilines is 1. The Bertz CT molecular complexity index is 1610. The van der Waals surface area contributed by atoms with E-state index in [1.807, 2.05) is 17.5 Å². The van der Waals surface area contributed by atoms with Crippen LogP contribution in [0.4, 0.5) is 5.69 Å². The molecule has 1 heterocycles. The van der Waals surface area contributed by atoms with E-state index in [9.17, 15) is 44.7 Å². The zero-order valence-corrected chi connectivity index (χ0v) is 26.8. The molecule has 0 saturated heterocycles. The Hall–Kier alpha value is -3.50. The minimum absolute atomic E-state index is 0. The minimum Gasteiger partial charge on any atom is -0.508 e. The number of hydrogen-bond acceptors (Lipinski definition) is 12.